The van der Waals surface area contributed by atoms with Crippen molar-refractivity contribution >= 4 is 34.1 Å². The summed E-state index contributed by atoms with van der Waals surface area (Å²) in [5.74, 6) is -0.607. The number of rotatable bonds is 7. The first-order valence-corrected chi connectivity index (χ1v) is 7.95. The Bertz CT molecular complexity index is 532. The Kier molecular flexibility index (Phi) is 5.53. The molecule has 2 rings (SSSR count). The van der Waals surface area contributed by atoms with Gasteiger partial charge in [-0.15, -0.1) is 0 Å². The third kappa shape index (κ3) is 3.52. The van der Waals surface area contributed by atoms with Crippen molar-refractivity contribution in [2.45, 2.75) is 44.6 Å². The highest BCUT2D eigenvalue weighted by Crippen LogP contribution is 2.43. The van der Waals surface area contributed by atoms with E-state index in [2.05, 4.69) is 32.0 Å². The number of aliphatic imine (C=N–C) groups is 1. The SMILES string of the molecule is CCCCCC(CC(=O)OBr)C1(O)C=Nc2ccccc21. The highest BCUT2D eigenvalue weighted by Gasteiger charge is 2.42. The molecule has 2 unspecified atom stereocenters. The van der Waals surface area contributed by atoms with Gasteiger partial charge in [-0.2, -0.15) is 0 Å². The first-order chi connectivity index (χ1) is 10.1. The molecule has 0 radical (unpaired) electrons. The highest BCUT2D eigenvalue weighted by molar-refractivity contribution is 9.06. The molecule has 1 aliphatic rings. The Balaban J connectivity index is 2.23. The number of para-hydroxylation sites is 1. The molecule has 0 aliphatic carbocycles. The average molecular weight is 354 g/mol. The lowest BCUT2D eigenvalue weighted by molar-refractivity contribution is -0.135. The minimum absolute atomic E-state index is 0.159. The molecule has 1 aromatic carbocycles. The zero-order valence-corrected chi connectivity index (χ0v) is 13.7. The van der Waals surface area contributed by atoms with E-state index in [4.69, 9.17) is 0 Å². The third-order valence-corrected chi connectivity index (χ3v) is 4.37. The zero-order chi connectivity index (χ0) is 15.3. The van der Waals surface area contributed by atoms with Gasteiger partial charge >= 0.3 is 5.97 Å². The summed E-state index contributed by atoms with van der Waals surface area (Å²) in [6.07, 6.45) is 5.62. The Morgan fingerprint density at radius 3 is 2.90 bits per heavy atom. The number of benzene rings is 1. The molecule has 2 atom stereocenters. The van der Waals surface area contributed by atoms with Crippen molar-refractivity contribution in [2.24, 2.45) is 10.9 Å². The van der Waals surface area contributed by atoms with Gasteiger partial charge in [-0.05, 0) is 12.5 Å². The minimum Gasteiger partial charge on any atom is -0.384 e. The largest absolute Gasteiger partial charge is 0.384 e. The minimum atomic E-state index is -1.19. The molecule has 1 aliphatic heterocycles. The quantitative estimate of drug-likeness (QED) is 0.752. The summed E-state index contributed by atoms with van der Waals surface area (Å²) in [6, 6.07) is 7.51. The zero-order valence-electron chi connectivity index (χ0n) is 12.1. The van der Waals surface area contributed by atoms with Crippen molar-refractivity contribution < 1.29 is 13.7 Å². The molecule has 5 heteroatoms. The summed E-state index contributed by atoms with van der Waals surface area (Å²) in [7, 11) is 0. The summed E-state index contributed by atoms with van der Waals surface area (Å²) in [6.45, 7) is 2.13. The highest BCUT2D eigenvalue weighted by atomic mass is 79.9. The molecule has 0 saturated heterocycles. The van der Waals surface area contributed by atoms with Crippen LogP contribution in [0.3, 0.4) is 0 Å². The number of aliphatic hydroxyl groups is 1. The molecule has 1 N–H and O–H groups in total. The molecule has 0 spiro atoms. The number of halogens is 1. The van der Waals surface area contributed by atoms with E-state index < -0.39 is 5.60 Å². The number of carbonyl (C=O) groups is 1. The van der Waals surface area contributed by atoms with Crippen LogP contribution >= 0.6 is 16.3 Å². The van der Waals surface area contributed by atoms with E-state index in [0.29, 0.717) is 0 Å². The van der Waals surface area contributed by atoms with Gasteiger partial charge in [0.1, 0.15) is 5.60 Å². The van der Waals surface area contributed by atoms with E-state index in [1.807, 2.05) is 24.3 Å². The Morgan fingerprint density at radius 2 is 2.19 bits per heavy atom. The molecule has 0 bridgehead atoms. The molecule has 4 nitrogen and oxygen atoms in total. The van der Waals surface area contributed by atoms with E-state index in [0.717, 1.165) is 36.9 Å². The van der Waals surface area contributed by atoms with Crippen LogP contribution in [0.25, 0.3) is 0 Å². The van der Waals surface area contributed by atoms with Crippen molar-refractivity contribution in [3.8, 4) is 0 Å². The molecule has 21 heavy (non-hydrogen) atoms. The van der Waals surface area contributed by atoms with Crippen LogP contribution in [-0.2, 0) is 14.2 Å². The number of unbranched alkanes of at least 4 members (excludes halogenated alkanes) is 2. The van der Waals surface area contributed by atoms with Gasteiger partial charge < -0.3 is 8.93 Å². The van der Waals surface area contributed by atoms with Crippen molar-refractivity contribution in [1.29, 1.82) is 0 Å². The second-order valence-electron chi connectivity index (χ2n) is 5.45. The molecular formula is C16H20BrNO3. The van der Waals surface area contributed by atoms with Gasteiger partial charge in [0.15, 0.2) is 16.3 Å². The second kappa shape index (κ2) is 7.18. The Labute approximate surface area is 133 Å². The van der Waals surface area contributed by atoms with E-state index in [1.165, 1.54) is 0 Å². The Hall–Kier alpha value is -1.20. The number of hydrogen-bond donors (Lipinski definition) is 1. The maximum absolute atomic E-state index is 11.6. The molecular weight excluding hydrogens is 334 g/mol. The fraction of sp³-hybridized carbons (Fsp3) is 0.500. The fourth-order valence-electron chi connectivity index (χ4n) is 2.84. The first-order valence-electron chi connectivity index (χ1n) is 7.30. The molecule has 1 heterocycles. The normalized spacial score (nSPS) is 21.1. The van der Waals surface area contributed by atoms with Gasteiger partial charge in [-0.3, -0.25) is 9.79 Å². The smallest absolute Gasteiger partial charge is 0.317 e. The van der Waals surface area contributed by atoms with Crippen molar-refractivity contribution in [3.05, 3.63) is 29.8 Å². The number of nitrogens with zero attached hydrogens (tertiary/aromatic N) is 1. The van der Waals surface area contributed by atoms with E-state index in [9.17, 15) is 9.90 Å². The molecule has 0 fully saturated rings. The second-order valence-corrected chi connectivity index (χ2v) is 5.77. The standard InChI is InChI=1S/C16H20BrNO3/c1-2-3-4-7-12(10-15(19)21-17)16(20)11-18-14-9-6-5-8-13(14)16/h5-6,8-9,11-12,20H,2-4,7,10H2,1H3. The average Bonchev–Trinajstić information content (AvgIpc) is 2.85. The lowest BCUT2D eigenvalue weighted by Crippen LogP contribution is -2.36. The number of carbonyl (C=O) groups excluding carboxylic acids is 1. The summed E-state index contributed by atoms with van der Waals surface area (Å²) in [5.41, 5.74) is 0.354. The van der Waals surface area contributed by atoms with E-state index in [1.54, 1.807) is 6.21 Å². The van der Waals surface area contributed by atoms with Crippen molar-refractivity contribution in [2.75, 3.05) is 0 Å². The predicted octanol–water partition coefficient (Wildman–Crippen LogP) is 4.03. The summed E-state index contributed by atoms with van der Waals surface area (Å²) < 4.78 is 4.60. The van der Waals surface area contributed by atoms with Crippen molar-refractivity contribution in [1.82, 2.24) is 0 Å². The first kappa shape index (κ1) is 16.2. The number of fused-ring (bicyclic) bond motifs is 1. The molecule has 114 valence electrons. The lowest BCUT2D eigenvalue weighted by Gasteiger charge is -2.30. The van der Waals surface area contributed by atoms with Crippen LogP contribution in [0.15, 0.2) is 29.3 Å². The predicted molar refractivity (Wildman–Crippen MR) is 85.8 cm³/mol. The topological polar surface area (TPSA) is 58.9 Å². The molecule has 0 amide bonds. The van der Waals surface area contributed by atoms with Crippen LogP contribution in [0.2, 0.25) is 0 Å². The summed E-state index contributed by atoms with van der Waals surface area (Å²) in [5, 5.41) is 11.1. The van der Waals surface area contributed by atoms with Gasteiger partial charge in [0.05, 0.1) is 12.1 Å². The van der Waals surface area contributed by atoms with Gasteiger partial charge in [0.25, 0.3) is 0 Å². The van der Waals surface area contributed by atoms with Gasteiger partial charge in [-0.25, -0.2) is 0 Å². The molecule has 0 saturated carbocycles. The van der Waals surface area contributed by atoms with Gasteiger partial charge in [-0.1, -0.05) is 44.4 Å². The number of hydrogen-bond acceptors (Lipinski definition) is 4. The Morgan fingerprint density at radius 1 is 1.43 bits per heavy atom. The van der Waals surface area contributed by atoms with Gasteiger partial charge in [0.2, 0.25) is 0 Å². The summed E-state index contributed by atoms with van der Waals surface area (Å²) >= 11 is 2.72. The summed E-state index contributed by atoms with van der Waals surface area (Å²) in [4.78, 5) is 15.9. The monoisotopic (exact) mass is 353 g/mol. The molecule has 1 aromatic rings. The maximum atomic E-state index is 11.6. The van der Waals surface area contributed by atoms with Crippen LogP contribution in [0, 0.1) is 5.92 Å². The lowest BCUT2D eigenvalue weighted by atomic mass is 9.78. The van der Waals surface area contributed by atoms with Gasteiger partial charge in [0, 0.05) is 17.7 Å². The third-order valence-electron chi connectivity index (χ3n) is 4.01. The van der Waals surface area contributed by atoms with Crippen LogP contribution in [0.5, 0.6) is 0 Å². The van der Waals surface area contributed by atoms with Crippen LogP contribution in [0.4, 0.5) is 5.69 Å². The molecule has 0 aromatic heterocycles. The van der Waals surface area contributed by atoms with E-state index in [-0.39, 0.29) is 18.3 Å². The fourth-order valence-corrected chi connectivity index (χ4v) is 2.97. The van der Waals surface area contributed by atoms with Crippen LogP contribution < -0.4 is 0 Å². The van der Waals surface area contributed by atoms with Crippen molar-refractivity contribution in [3.63, 3.8) is 0 Å². The van der Waals surface area contributed by atoms with Crippen LogP contribution in [-0.4, -0.2) is 17.3 Å². The maximum Gasteiger partial charge on any atom is 0.317 e. The van der Waals surface area contributed by atoms with Crippen LogP contribution in [0.1, 0.15) is 44.6 Å². The van der Waals surface area contributed by atoms with E-state index >= 15 is 0 Å².